The molecule has 2 aromatic rings. The number of ether oxygens (including phenoxy) is 2. The van der Waals surface area contributed by atoms with Crippen molar-refractivity contribution >= 4 is 35.6 Å². The van der Waals surface area contributed by atoms with Gasteiger partial charge in [0.15, 0.2) is 18.1 Å². The van der Waals surface area contributed by atoms with Crippen LogP contribution in [0.5, 0.6) is 11.5 Å². The summed E-state index contributed by atoms with van der Waals surface area (Å²) in [7, 11) is 1.55. The van der Waals surface area contributed by atoms with Crippen LogP contribution in [-0.2, 0) is 9.59 Å². The number of anilines is 2. The number of amides is 2. The van der Waals surface area contributed by atoms with Gasteiger partial charge >= 0.3 is 0 Å². The SMILES string of the molecule is COc1ccccc1OCC(=O)Nc1cccc(NC(=O)CNCC2CC2)c1.Cl. The van der Waals surface area contributed by atoms with Crippen molar-refractivity contribution < 1.29 is 19.1 Å². The summed E-state index contributed by atoms with van der Waals surface area (Å²) in [5.74, 6) is 1.38. The molecule has 2 aromatic carbocycles. The van der Waals surface area contributed by atoms with E-state index in [1.807, 2.05) is 6.07 Å². The Morgan fingerprint density at radius 2 is 1.62 bits per heavy atom. The first kappa shape index (κ1) is 22.5. The van der Waals surface area contributed by atoms with Crippen LogP contribution in [0.1, 0.15) is 12.8 Å². The molecule has 0 aromatic heterocycles. The molecule has 3 rings (SSSR count). The molecule has 1 saturated carbocycles. The smallest absolute Gasteiger partial charge is 0.262 e. The molecule has 3 N–H and O–H groups in total. The summed E-state index contributed by atoms with van der Waals surface area (Å²) >= 11 is 0. The van der Waals surface area contributed by atoms with Crippen molar-refractivity contribution in [2.24, 2.45) is 5.92 Å². The Kier molecular flexibility index (Phi) is 8.76. The number of benzene rings is 2. The van der Waals surface area contributed by atoms with Crippen LogP contribution in [0.2, 0.25) is 0 Å². The van der Waals surface area contributed by atoms with Crippen LogP contribution in [0.25, 0.3) is 0 Å². The molecule has 1 fully saturated rings. The Hall–Kier alpha value is -2.77. The van der Waals surface area contributed by atoms with Gasteiger partial charge in [0.1, 0.15) is 0 Å². The fraction of sp³-hybridized carbons (Fsp3) is 0.333. The third-order valence-electron chi connectivity index (χ3n) is 4.27. The molecule has 0 unspecified atom stereocenters. The lowest BCUT2D eigenvalue weighted by atomic mass is 10.2. The molecule has 1 aliphatic carbocycles. The van der Waals surface area contributed by atoms with E-state index in [2.05, 4.69) is 16.0 Å². The van der Waals surface area contributed by atoms with Gasteiger partial charge in [0, 0.05) is 11.4 Å². The molecule has 0 spiro atoms. The summed E-state index contributed by atoms with van der Waals surface area (Å²) in [6.07, 6.45) is 2.49. The van der Waals surface area contributed by atoms with Crippen molar-refractivity contribution in [1.29, 1.82) is 0 Å². The second-order valence-electron chi connectivity index (χ2n) is 6.69. The lowest BCUT2D eigenvalue weighted by molar-refractivity contribution is -0.118. The average Bonchev–Trinajstić information content (AvgIpc) is 3.51. The van der Waals surface area contributed by atoms with Crippen molar-refractivity contribution in [3.8, 4) is 11.5 Å². The first-order chi connectivity index (χ1) is 13.6. The minimum absolute atomic E-state index is 0. The lowest BCUT2D eigenvalue weighted by Crippen LogP contribution is -2.29. The molecule has 0 heterocycles. The van der Waals surface area contributed by atoms with Crippen LogP contribution in [0.3, 0.4) is 0 Å². The minimum Gasteiger partial charge on any atom is -0.493 e. The van der Waals surface area contributed by atoms with E-state index < -0.39 is 0 Å². The third-order valence-corrected chi connectivity index (χ3v) is 4.27. The van der Waals surface area contributed by atoms with Gasteiger partial charge in [0.2, 0.25) is 5.91 Å². The Morgan fingerprint density at radius 1 is 0.966 bits per heavy atom. The molecular weight excluding hydrogens is 394 g/mol. The Bertz CT molecular complexity index is 827. The van der Waals surface area contributed by atoms with Gasteiger partial charge in [-0.25, -0.2) is 0 Å². The van der Waals surface area contributed by atoms with Crippen LogP contribution in [-0.4, -0.2) is 38.6 Å². The van der Waals surface area contributed by atoms with E-state index in [0.717, 1.165) is 12.5 Å². The number of hydrogen-bond donors (Lipinski definition) is 3. The molecule has 29 heavy (non-hydrogen) atoms. The summed E-state index contributed by atoms with van der Waals surface area (Å²) in [6.45, 7) is 1.01. The number of nitrogens with one attached hydrogen (secondary N) is 3. The van der Waals surface area contributed by atoms with Crippen LogP contribution >= 0.6 is 12.4 Å². The van der Waals surface area contributed by atoms with Gasteiger partial charge in [-0.2, -0.15) is 0 Å². The maximum atomic E-state index is 12.2. The molecule has 2 amide bonds. The molecule has 8 heteroatoms. The van der Waals surface area contributed by atoms with Crippen molar-refractivity contribution in [1.82, 2.24) is 5.32 Å². The van der Waals surface area contributed by atoms with E-state index in [1.165, 1.54) is 12.8 Å². The summed E-state index contributed by atoms with van der Waals surface area (Å²) in [5, 5.41) is 8.73. The lowest BCUT2D eigenvalue weighted by Gasteiger charge is -2.11. The summed E-state index contributed by atoms with van der Waals surface area (Å²) in [4.78, 5) is 24.1. The predicted octanol–water partition coefficient (Wildman–Crippen LogP) is 3.07. The largest absolute Gasteiger partial charge is 0.493 e. The van der Waals surface area contributed by atoms with Gasteiger partial charge in [0.05, 0.1) is 13.7 Å². The monoisotopic (exact) mass is 419 g/mol. The highest BCUT2D eigenvalue weighted by atomic mass is 35.5. The minimum atomic E-state index is -0.305. The topological polar surface area (TPSA) is 88.7 Å². The first-order valence-corrected chi connectivity index (χ1v) is 9.30. The Balaban J connectivity index is 0.00000300. The number of para-hydroxylation sites is 2. The van der Waals surface area contributed by atoms with Crippen molar-refractivity contribution in [2.45, 2.75) is 12.8 Å². The average molecular weight is 420 g/mol. The highest BCUT2D eigenvalue weighted by Gasteiger charge is 2.20. The third kappa shape index (κ3) is 7.63. The number of methoxy groups -OCH3 is 1. The van der Waals surface area contributed by atoms with Crippen molar-refractivity contribution in [3.05, 3.63) is 48.5 Å². The zero-order valence-corrected chi connectivity index (χ0v) is 17.1. The highest BCUT2D eigenvalue weighted by molar-refractivity contribution is 5.95. The Morgan fingerprint density at radius 3 is 2.28 bits per heavy atom. The fourth-order valence-electron chi connectivity index (χ4n) is 2.67. The quantitative estimate of drug-likeness (QED) is 0.550. The second kappa shape index (κ2) is 11.3. The predicted molar refractivity (Wildman–Crippen MR) is 115 cm³/mol. The number of carbonyl (C=O) groups excluding carboxylic acids is 2. The van der Waals surface area contributed by atoms with E-state index in [-0.39, 0.29) is 37.4 Å². The zero-order chi connectivity index (χ0) is 19.8. The van der Waals surface area contributed by atoms with Gasteiger partial charge < -0.3 is 25.4 Å². The van der Waals surface area contributed by atoms with E-state index in [0.29, 0.717) is 22.9 Å². The van der Waals surface area contributed by atoms with Gasteiger partial charge in [-0.15, -0.1) is 12.4 Å². The maximum absolute atomic E-state index is 12.2. The standard InChI is InChI=1S/C21H25N3O4.ClH/c1-27-18-7-2-3-8-19(18)28-14-21(26)24-17-6-4-5-16(11-17)23-20(25)13-22-12-15-9-10-15;/h2-8,11,15,22H,9-10,12-14H2,1H3,(H,23,25)(H,24,26);1H. The maximum Gasteiger partial charge on any atom is 0.262 e. The molecule has 156 valence electrons. The number of carbonyl (C=O) groups is 2. The van der Waals surface area contributed by atoms with Crippen molar-refractivity contribution in [2.75, 3.05) is 37.4 Å². The van der Waals surface area contributed by atoms with E-state index in [9.17, 15) is 9.59 Å². The van der Waals surface area contributed by atoms with Crippen LogP contribution in [0.15, 0.2) is 48.5 Å². The fourth-order valence-corrected chi connectivity index (χ4v) is 2.67. The first-order valence-electron chi connectivity index (χ1n) is 9.30. The molecule has 0 bridgehead atoms. The van der Waals surface area contributed by atoms with Gasteiger partial charge in [-0.1, -0.05) is 18.2 Å². The van der Waals surface area contributed by atoms with E-state index in [1.54, 1.807) is 49.6 Å². The number of rotatable bonds is 10. The van der Waals surface area contributed by atoms with Gasteiger partial charge in [-0.3, -0.25) is 9.59 Å². The van der Waals surface area contributed by atoms with Crippen LogP contribution in [0, 0.1) is 5.92 Å². The van der Waals surface area contributed by atoms with Crippen LogP contribution < -0.4 is 25.4 Å². The zero-order valence-electron chi connectivity index (χ0n) is 16.3. The van der Waals surface area contributed by atoms with E-state index in [4.69, 9.17) is 9.47 Å². The van der Waals surface area contributed by atoms with Crippen molar-refractivity contribution in [3.63, 3.8) is 0 Å². The van der Waals surface area contributed by atoms with E-state index >= 15 is 0 Å². The molecule has 1 aliphatic rings. The summed E-state index contributed by atoms with van der Waals surface area (Å²) < 4.78 is 10.7. The molecule has 7 nitrogen and oxygen atoms in total. The second-order valence-corrected chi connectivity index (χ2v) is 6.69. The molecule has 0 radical (unpaired) electrons. The number of halogens is 1. The summed E-state index contributed by atoms with van der Waals surface area (Å²) in [6, 6.07) is 14.1. The van der Waals surface area contributed by atoms with Gasteiger partial charge in [-0.05, 0) is 55.6 Å². The highest BCUT2D eigenvalue weighted by Crippen LogP contribution is 2.27. The Labute approximate surface area is 176 Å². The van der Waals surface area contributed by atoms with Gasteiger partial charge in [0.25, 0.3) is 5.91 Å². The molecule has 0 atom stereocenters. The summed E-state index contributed by atoms with van der Waals surface area (Å²) in [5.41, 5.74) is 1.21. The molecule has 0 saturated heterocycles. The molecular formula is C21H26ClN3O4. The van der Waals surface area contributed by atoms with Crippen LogP contribution in [0.4, 0.5) is 11.4 Å². The molecule has 0 aliphatic heterocycles. The number of hydrogen-bond acceptors (Lipinski definition) is 5. The normalized spacial score (nSPS) is 12.4.